The van der Waals surface area contributed by atoms with Crippen LogP contribution in [0, 0.1) is 17.5 Å². The smallest absolute Gasteiger partial charge is 0.320 e. The zero-order valence-electron chi connectivity index (χ0n) is 9.24. The molecular formula is C10H8F6N2O. The minimum atomic E-state index is -4.51. The molecule has 0 saturated heterocycles. The van der Waals surface area contributed by atoms with Gasteiger partial charge in [-0.15, -0.1) is 0 Å². The van der Waals surface area contributed by atoms with Gasteiger partial charge in [-0.3, -0.25) is 4.79 Å². The normalized spacial score (nSPS) is 11.5. The van der Waals surface area contributed by atoms with Crippen molar-refractivity contribution < 1.29 is 31.1 Å². The molecule has 0 atom stereocenters. The summed E-state index contributed by atoms with van der Waals surface area (Å²) in [6.07, 6.45) is -4.51. The van der Waals surface area contributed by atoms with Crippen LogP contribution in [-0.4, -0.2) is 25.2 Å². The van der Waals surface area contributed by atoms with E-state index in [0.29, 0.717) is 12.1 Å². The van der Waals surface area contributed by atoms with Gasteiger partial charge in [-0.05, 0) is 0 Å². The van der Waals surface area contributed by atoms with Gasteiger partial charge in [-0.1, -0.05) is 0 Å². The van der Waals surface area contributed by atoms with Crippen LogP contribution in [0.15, 0.2) is 12.1 Å². The summed E-state index contributed by atoms with van der Waals surface area (Å²) in [5.41, 5.74) is -0.916. The SMILES string of the molecule is O=C(CNCC(F)(F)F)Nc1c(F)cc(F)cc1F. The van der Waals surface area contributed by atoms with Gasteiger partial charge in [-0.2, -0.15) is 13.2 Å². The third-order valence-corrected chi connectivity index (χ3v) is 1.88. The van der Waals surface area contributed by atoms with E-state index in [4.69, 9.17) is 0 Å². The number of hydrogen-bond acceptors (Lipinski definition) is 2. The first kappa shape index (κ1) is 15.3. The van der Waals surface area contributed by atoms with E-state index < -0.39 is 48.3 Å². The Kier molecular flexibility index (Phi) is 4.76. The average molecular weight is 286 g/mol. The van der Waals surface area contributed by atoms with E-state index in [1.165, 1.54) is 0 Å². The van der Waals surface area contributed by atoms with Crippen molar-refractivity contribution in [3.05, 3.63) is 29.6 Å². The van der Waals surface area contributed by atoms with Crippen molar-refractivity contribution in [1.82, 2.24) is 5.32 Å². The number of halogens is 6. The number of nitrogens with one attached hydrogen (secondary N) is 2. The van der Waals surface area contributed by atoms with Gasteiger partial charge in [0.15, 0.2) is 11.6 Å². The van der Waals surface area contributed by atoms with Gasteiger partial charge in [0, 0.05) is 12.1 Å². The molecule has 1 amide bonds. The molecule has 3 nitrogen and oxygen atoms in total. The molecule has 2 N–H and O–H groups in total. The molecule has 0 saturated carbocycles. The number of amides is 1. The average Bonchev–Trinajstić information content (AvgIpc) is 2.21. The lowest BCUT2D eigenvalue weighted by Crippen LogP contribution is -2.35. The maximum Gasteiger partial charge on any atom is 0.401 e. The largest absolute Gasteiger partial charge is 0.401 e. The third kappa shape index (κ3) is 5.16. The standard InChI is InChI=1S/C10H8F6N2O/c11-5-1-6(12)9(7(13)2-5)18-8(19)3-17-4-10(14,15)16/h1-2,17H,3-4H2,(H,18,19). The molecule has 0 spiro atoms. The Hall–Kier alpha value is -1.77. The van der Waals surface area contributed by atoms with E-state index >= 15 is 0 Å². The highest BCUT2D eigenvalue weighted by Crippen LogP contribution is 2.19. The molecule has 0 bridgehead atoms. The van der Waals surface area contributed by atoms with Gasteiger partial charge in [0.25, 0.3) is 0 Å². The predicted molar refractivity (Wildman–Crippen MR) is 53.9 cm³/mol. The molecule has 0 radical (unpaired) electrons. The zero-order chi connectivity index (χ0) is 14.6. The fourth-order valence-electron chi connectivity index (χ4n) is 1.16. The highest BCUT2D eigenvalue weighted by molar-refractivity contribution is 5.92. The van der Waals surface area contributed by atoms with Crippen LogP contribution in [0.1, 0.15) is 0 Å². The third-order valence-electron chi connectivity index (χ3n) is 1.88. The van der Waals surface area contributed by atoms with Crippen LogP contribution in [0.2, 0.25) is 0 Å². The summed E-state index contributed by atoms with van der Waals surface area (Å²) >= 11 is 0. The first-order valence-electron chi connectivity index (χ1n) is 4.91. The van der Waals surface area contributed by atoms with E-state index in [2.05, 4.69) is 0 Å². The van der Waals surface area contributed by atoms with Crippen molar-refractivity contribution in [3.8, 4) is 0 Å². The van der Waals surface area contributed by atoms with E-state index in [9.17, 15) is 31.1 Å². The van der Waals surface area contributed by atoms with Crippen molar-refractivity contribution in [2.75, 3.05) is 18.4 Å². The number of carbonyl (C=O) groups is 1. The molecule has 1 rings (SSSR count). The highest BCUT2D eigenvalue weighted by Gasteiger charge is 2.26. The number of rotatable bonds is 4. The lowest BCUT2D eigenvalue weighted by Gasteiger charge is -2.10. The number of carbonyl (C=O) groups excluding carboxylic acids is 1. The fourth-order valence-corrected chi connectivity index (χ4v) is 1.16. The van der Waals surface area contributed by atoms with Crippen molar-refractivity contribution in [3.63, 3.8) is 0 Å². The molecule has 106 valence electrons. The van der Waals surface area contributed by atoms with Crippen molar-refractivity contribution in [2.24, 2.45) is 0 Å². The molecule has 0 fully saturated rings. The van der Waals surface area contributed by atoms with Gasteiger partial charge >= 0.3 is 6.18 Å². The van der Waals surface area contributed by atoms with E-state index in [-0.39, 0.29) is 0 Å². The molecule has 9 heteroatoms. The maximum atomic E-state index is 13.1. The van der Waals surface area contributed by atoms with Crippen LogP contribution in [-0.2, 0) is 4.79 Å². The summed E-state index contributed by atoms with van der Waals surface area (Å²) in [5, 5.41) is 3.45. The molecule has 19 heavy (non-hydrogen) atoms. The molecular weight excluding hydrogens is 278 g/mol. The van der Waals surface area contributed by atoms with Crippen LogP contribution >= 0.6 is 0 Å². The first-order valence-corrected chi connectivity index (χ1v) is 4.91. The number of anilines is 1. The van der Waals surface area contributed by atoms with Crippen LogP contribution in [0.5, 0.6) is 0 Å². The molecule has 1 aromatic carbocycles. The van der Waals surface area contributed by atoms with E-state index in [1.807, 2.05) is 0 Å². The van der Waals surface area contributed by atoms with Crippen molar-refractivity contribution in [2.45, 2.75) is 6.18 Å². The van der Waals surface area contributed by atoms with Crippen LogP contribution in [0.3, 0.4) is 0 Å². The molecule has 1 aromatic rings. The Balaban J connectivity index is 2.58. The Morgan fingerprint density at radius 1 is 1.11 bits per heavy atom. The van der Waals surface area contributed by atoms with Gasteiger partial charge in [0.2, 0.25) is 5.91 Å². The Labute approximate surface area is 103 Å². The predicted octanol–water partition coefficient (Wildman–Crippen LogP) is 2.19. The fraction of sp³-hybridized carbons (Fsp3) is 0.300. The lowest BCUT2D eigenvalue weighted by atomic mass is 10.2. The highest BCUT2D eigenvalue weighted by atomic mass is 19.4. The summed E-state index contributed by atoms with van der Waals surface area (Å²) in [4.78, 5) is 11.1. The van der Waals surface area contributed by atoms with Gasteiger partial charge in [-0.25, -0.2) is 13.2 Å². The van der Waals surface area contributed by atoms with Gasteiger partial charge in [0.05, 0.1) is 13.1 Å². The summed E-state index contributed by atoms with van der Waals surface area (Å²) < 4.78 is 74.0. The van der Waals surface area contributed by atoms with Crippen LogP contribution in [0.4, 0.5) is 32.0 Å². The number of alkyl halides is 3. The van der Waals surface area contributed by atoms with Crippen LogP contribution < -0.4 is 10.6 Å². The molecule has 0 aliphatic heterocycles. The molecule has 0 aromatic heterocycles. The minimum Gasteiger partial charge on any atom is -0.320 e. The zero-order valence-corrected chi connectivity index (χ0v) is 9.24. The minimum absolute atomic E-state index is 0.335. The quantitative estimate of drug-likeness (QED) is 0.833. The van der Waals surface area contributed by atoms with Gasteiger partial charge < -0.3 is 10.6 Å². The van der Waals surface area contributed by atoms with Crippen molar-refractivity contribution >= 4 is 11.6 Å². The lowest BCUT2D eigenvalue weighted by molar-refractivity contribution is -0.127. The second kappa shape index (κ2) is 5.91. The maximum absolute atomic E-state index is 13.1. The monoisotopic (exact) mass is 286 g/mol. The first-order chi connectivity index (χ1) is 8.69. The summed E-state index contributed by atoms with van der Waals surface area (Å²) in [6, 6.07) is 0.670. The van der Waals surface area contributed by atoms with Gasteiger partial charge in [0.1, 0.15) is 11.5 Å². The second-order valence-electron chi connectivity index (χ2n) is 3.51. The van der Waals surface area contributed by atoms with E-state index in [1.54, 1.807) is 10.6 Å². The summed E-state index contributed by atoms with van der Waals surface area (Å²) in [5.74, 6) is -4.99. The summed E-state index contributed by atoms with van der Waals surface area (Å²) in [7, 11) is 0. The van der Waals surface area contributed by atoms with Crippen molar-refractivity contribution in [1.29, 1.82) is 0 Å². The summed E-state index contributed by atoms with van der Waals surface area (Å²) in [6.45, 7) is -2.22. The topological polar surface area (TPSA) is 41.1 Å². The Morgan fingerprint density at radius 2 is 1.63 bits per heavy atom. The molecule has 0 heterocycles. The second-order valence-corrected chi connectivity index (χ2v) is 3.51. The molecule has 0 aliphatic carbocycles. The Bertz CT molecular complexity index is 451. The van der Waals surface area contributed by atoms with Crippen LogP contribution in [0.25, 0.3) is 0 Å². The number of benzene rings is 1. The van der Waals surface area contributed by atoms with E-state index in [0.717, 1.165) is 0 Å². The molecule has 0 unspecified atom stereocenters. The number of hydrogen-bond donors (Lipinski definition) is 2. The molecule has 0 aliphatic rings. The Morgan fingerprint density at radius 3 is 2.11 bits per heavy atom.